The van der Waals surface area contributed by atoms with E-state index in [1.54, 1.807) is 28.9 Å². The Morgan fingerprint density at radius 3 is 2.86 bits per heavy atom. The third kappa shape index (κ3) is 3.22. The van der Waals surface area contributed by atoms with Crippen LogP contribution in [0.25, 0.3) is 38.3 Å². The van der Waals surface area contributed by atoms with Crippen LogP contribution in [-0.2, 0) is 16.1 Å². The number of hydrogen-bond acceptors (Lipinski definition) is 6. The lowest BCUT2D eigenvalue weighted by molar-refractivity contribution is -0.113. The maximum atomic E-state index is 15.2. The fourth-order valence-electron chi connectivity index (χ4n) is 4.98. The van der Waals surface area contributed by atoms with Crippen molar-refractivity contribution in [2.24, 2.45) is 0 Å². The van der Waals surface area contributed by atoms with Crippen LogP contribution < -0.4 is 5.73 Å². The van der Waals surface area contributed by atoms with Gasteiger partial charge in [-0.1, -0.05) is 36.4 Å². The molecule has 3 heterocycles. The number of halogens is 1. The van der Waals surface area contributed by atoms with E-state index in [9.17, 15) is 9.59 Å². The number of carbonyl (C=O) groups is 2. The van der Waals surface area contributed by atoms with Gasteiger partial charge in [-0.3, -0.25) is 4.79 Å². The number of ketones is 1. The highest BCUT2D eigenvalue weighted by Crippen LogP contribution is 2.40. The molecule has 8 heteroatoms. The van der Waals surface area contributed by atoms with Crippen LogP contribution in [-0.4, -0.2) is 28.4 Å². The largest absolute Gasteiger partial charge is 0.464 e. The summed E-state index contributed by atoms with van der Waals surface area (Å²) in [7, 11) is 1.27. The molecule has 0 bridgehead atoms. The highest BCUT2D eigenvalue weighted by atomic mass is 19.1. The standard InChI is InChI=1S/C28H20FN3O4/c1-35-28(34)26-24(18-7-3-5-9-22(18)33)25-21(13-19(29)17-10-11-36-27(17)25)32(26)14-15-12-23(30)31-20-8-4-2-6-16(15)20/h2-8,10-13H,9,14H2,1H3,(H2,30,31). The first-order chi connectivity index (χ1) is 17.5. The number of hydrogen-bond donors (Lipinski definition) is 1. The fourth-order valence-corrected chi connectivity index (χ4v) is 4.98. The van der Waals surface area contributed by atoms with Gasteiger partial charge in [0, 0.05) is 29.5 Å². The molecule has 36 heavy (non-hydrogen) atoms. The molecule has 0 radical (unpaired) electrons. The van der Waals surface area contributed by atoms with Crippen molar-refractivity contribution in [3.05, 3.63) is 89.6 Å². The van der Waals surface area contributed by atoms with Gasteiger partial charge < -0.3 is 19.5 Å². The summed E-state index contributed by atoms with van der Waals surface area (Å²) in [6, 6.07) is 12.1. The van der Waals surface area contributed by atoms with E-state index in [1.807, 2.05) is 24.3 Å². The zero-order valence-electron chi connectivity index (χ0n) is 19.2. The number of anilines is 1. The Labute approximate surface area is 204 Å². The van der Waals surface area contributed by atoms with Crippen LogP contribution in [0.5, 0.6) is 0 Å². The highest BCUT2D eigenvalue weighted by Gasteiger charge is 2.31. The molecule has 6 rings (SSSR count). The van der Waals surface area contributed by atoms with Crippen molar-refractivity contribution in [1.82, 2.24) is 9.55 Å². The molecule has 0 atom stereocenters. The molecule has 0 saturated heterocycles. The number of nitrogen functional groups attached to an aromatic ring is 1. The van der Waals surface area contributed by atoms with Gasteiger partial charge in [-0.25, -0.2) is 14.2 Å². The second kappa shape index (κ2) is 8.20. The molecular weight excluding hydrogens is 461 g/mol. The van der Waals surface area contributed by atoms with Gasteiger partial charge in [0.05, 0.1) is 35.2 Å². The van der Waals surface area contributed by atoms with Crippen LogP contribution in [0, 0.1) is 5.82 Å². The van der Waals surface area contributed by atoms with E-state index in [-0.39, 0.29) is 35.4 Å². The van der Waals surface area contributed by atoms with Gasteiger partial charge >= 0.3 is 5.97 Å². The summed E-state index contributed by atoms with van der Waals surface area (Å²) >= 11 is 0. The Morgan fingerprint density at radius 1 is 1.22 bits per heavy atom. The van der Waals surface area contributed by atoms with Crippen molar-refractivity contribution in [2.45, 2.75) is 13.0 Å². The van der Waals surface area contributed by atoms with E-state index in [2.05, 4.69) is 4.98 Å². The summed E-state index contributed by atoms with van der Waals surface area (Å²) < 4.78 is 27.8. The van der Waals surface area contributed by atoms with Crippen LogP contribution in [0.4, 0.5) is 10.2 Å². The molecule has 0 unspecified atom stereocenters. The monoisotopic (exact) mass is 481 g/mol. The van der Waals surface area contributed by atoms with Crippen molar-refractivity contribution in [3.8, 4) is 0 Å². The van der Waals surface area contributed by atoms with E-state index in [1.165, 1.54) is 25.5 Å². The third-order valence-corrected chi connectivity index (χ3v) is 6.52. The van der Waals surface area contributed by atoms with Gasteiger partial charge in [-0.05, 0) is 29.8 Å². The zero-order valence-corrected chi connectivity index (χ0v) is 19.2. The number of nitrogens with two attached hydrogens (primary N) is 1. The number of esters is 1. The van der Waals surface area contributed by atoms with E-state index >= 15 is 4.39 Å². The number of rotatable bonds is 4. The summed E-state index contributed by atoms with van der Waals surface area (Å²) in [5.41, 5.74) is 9.04. The van der Waals surface area contributed by atoms with Gasteiger partial charge in [0.1, 0.15) is 22.9 Å². The summed E-state index contributed by atoms with van der Waals surface area (Å²) in [5, 5.41) is 1.56. The van der Waals surface area contributed by atoms with E-state index in [0.29, 0.717) is 33.4 Å². The predicted molar refractivity (Wildman–Crippen MR) is 135 cm³/mol. The molecular formula is C28H20FN3O4. The Morgan fingerprint density at radius 2 is 2.06 bits per heavy atom. The van der Waals surface area contributed by atoms with Crippen LogP contribution >= 0.6 is 0 Å². The van der Waals surface area contributed by atoms with Gasteiger partial charge in [-0.15, -0.1) is 0 Å². The second-order valence-corrected chi connectivity index (χ2v) is 8.58. The molecule has 1 aliphatic rings. The Balaban J connectivity index is 1.75. The normalized spacial score (nSPS) is 13.6. The summed E-state index contributed by atoms with van der Waals surface area (Å²) in [4.78, 5) is 30.7. The Kier molecular flexibility index (Phi) is 4.96. The highest BCUT2D eigenvalue weighted by molar-refractivity contribution is 6.29. The molecule has 0 spiro atoms. The van der Waals surface area contributed by atoms with Gasteiger partial charge in [0.15, 0.2) is 5.78 Å². The maximum absolute atomic E-state index is 15.2. The van der Waals surface area contributed by atoms with Crippen molar-refractivity contribution in [3.63, 3.8) is 0 Å². The smallest absolute Gasteiger partial charge is 0.355 e. The molecule has 0 amide bonds. The average molecular weight is 481 g/mol. The average Bonchev–Trinajstić information content (AvgIpc) is 3.48. The Hall–Kier alpha value is -4.72. The molecule has 178 valence electrons. The number of pyridine rings is 1. The molecule has 1 aliphatic carbocycles. The summed E-state index contributed by atoms with van der Waals surface area (Å²) in [5.74, 6) is -1.01. The van der Waals surface area contributed by atoms with Crippen LogP contribution in [0.2, 0.25) is 0 Å². The number of carbonyl (C=O) groups excluding carboxylic acids is 2. The van der Waals surface area contributed by atoms with Crippen molar-refractivity contribution in [2.75, 3.05) is 12.8 Å². The fraction of sp³-hybridized carbons (Fsp3) is 0.107. The van der Waals surface area contributed by atoms with Crippen LogP contribution in [0.1, 0.15) is 28.0 Å². The molecule has 3 aromatic heterocycles. The minimum atomic E-state index is -0.657. The number of ether oxygens (including phenoxy) is 1. The SMILES string of the molecule is COC(=O)c1c(C2=CC=CCC2=O)c2c3occc3c(F)cc2n1Cc1cc(N)nc2ccccc12. The van der Waals surface area contributed by atoms with Crippen LogP contribution in [0.3, 0.4) is 0 Å². The topological polar surface area (TPSA) is 100 Å². The number of allylic oxidation sites excluding steroid dienone is 4. The first kappa shape index (κ1) is 21.8. The van der Waals surface area contributed by atoms with E-state index < -0.39 is 11.8 Å². The molecule has 5 aromatic rings. The zero-order chi connectivity index (χ0) is 25.0. The molecule has 0 aliphatic heterocycles. The number of benzene rings is 2. The predicted octanol–water partition coefficient (Wildman–Crippen LogP) is 5.40. The molecule has 0 fully saturated rings. The maximum Gasteiger partial charge on any atom is 0.355 e. The lowest BCUT2D eigenvalue weighted by atomic mass is 9.93. The Bertz CT molecular complexity index is 1790. The third-order valence-electron chi connectivity index (χ3n) is 6.52. The number of nitrogens with zero attached hydrogens (tertiary/aromatic N) is 2. The summed E-state index contributed by atoms with van der Waals surface area (Å²) in [6.07, 6.45) is 6.75. The van der Waals surface area contributed by atoms with E-state index in [4.69, 9.17) is 14.9 Å². The molecule has 7 nitrogen and oxygen atoms in total. The lowest BCUT2D eigenvalue weighted by Gasteiger charge is -2.14. The summed E-state index contributed by atoms with van der Waals surface area (Å²) in [6.45, 7) is 0.150. The van der Waals surface area contributed by atoms with Crippen molar-refractivity contribution in [1.29, 1.82) is 0 Å². The second-order valence-electron chi connectivity index (χ2n) is 8.58. The van der Waals surface area contributed by atoms with Crippen LogP contribution in [0.15, 0.2) is 71.4 Å². The number of furan rings is 1. The van der Waals surface area contributed by atoms with Crippen molar-refractivity contribution >= 4 is 55.9 Å². The van der Waals surface area contributed by atoms with Gasteiger partial charge in [-0.2, -0.15) is 0 Å². The number of fused-ring (bicyclic) bond motifs is 4. The minimum Gasteiger partial charge on any atom is -0.464 e. The quantitative estimate of drug-likeness (QED) is 0.345. The van der Waals surface area contributed by atoms with E-state index in [0.717, 1.165) is 10.9 Å². The number of para-hydroxylation sites is 1. The number of Topliss-reactive ketones (excluding diaryl/α,β-unsaturated/α-hetero) is 1. The molecule has 2 N–H and O–H groups in total. The minimum absolute atomic E-state index is 0.130. The van der Waals surface area contributed by atoms with Gasteiger partial charge in [0.2, 0.25) is 0 Å². The number of aromatic nitrogens is 2. The molecule has 0 saturated carbocycles. The molecule has 2 aromatic carbocycles. The number of methoxy groups -OCH3 is 1. The first-order valence-electron chi connectivity index (χ1n) is 11.3. The van der Waals surface area contributed by atoms with Gasteiger partial charge in [0.25, 0.3) is 0 Å². The lowest BCUT2D eigenvalue weighted by Crippen LogP contribution is -2.15. The first-order valence-corrected chi connectivity index (χ1v) is 11.3. The van der Waals surface area contributed by atoms with Crippen molar-refractivity contribution < 1.29 is 23.1 Å².